The normalized spacial score (nSPS) is 10.1. The quantitative estimate of drug-likeness (QED) is 0.672. The molecule has 1 aromatic carbocycles. The summed E-state index contributed by atoms with van der Waals surface area (Å²) in [6.07, 6.45) is 1.65. The number of carbonyl (C=O) groups is 1. The average Bonchev–Trinajstić information content (AvgIpc) is 2.86. The highest BCUT2D eigenvalue weighted by Gasteiger charge is 2.20. The number of rotatable bonds is 3. The van der Waals surface area contributed by atoms with Crippen molar-refractivity contribution in [3.8, 4) is 6.07 Å². The fraction of sp³-hybridized carbons (Fsp3) is 0.154. The predicted octanol–water partition coefficient (Wildman–Crippen LogP) is 1.50. The third-order valence-corrected chi connectivity index (χ3v) is 3.03. The van der Waals surface area contributed by atoms with Crippen LogP contribution in [0.4, 0.5) is 11.5 Å². The van der Waals surface area contributed by atoms with Crippen LogP contribution >= 0.6 is 0 Å². The Bertz CT molecular complexity index is 773. The van der Waals surface area contributed by atoms with Crippen molar-refractivity contribution < 1.29 is 9.72 Å². The number of nitrogens with two attached hydrogens (primary N) is 1. The van der Waals surface area contributed by atoms with Gasteiger partial charge in [-0.2, -0.15) is 15.0 Å². The van der Waals surface area contributed by atoms with Crippen molar-refractivity contribution in [1.82, 2.24) is 9.78 Å². The SMILES string of the molecule is CCc1ccc(C(=O)n2ncc(C#N)c2N)cc1[N+](=O)[O-]. The zero-order valence-corrected chi connectivity index (χ0v) is 11.1. The summed E-state index contributed by atoms with van der Waals surface area (Å²) in [5, 5.41) is 23.5. The number of aryl methyl sites for hydroxylation is 1. The molecule has 21 heavy (non-hydrogen) atoms. The molecule has 2 N–H and O–H groups in total. The second-order valence-corrected chi connectivity index (χ2v) is 4.23. The summed E-state index contributed by atoms with van der Waals surface area (Å²) >= 11 is 0. The maximum absolute atomic E-state index is 12.3. The highest BCUT2D eigenvalue weighted by Crippen LogP contribution is 2.22. The molecule has 8 nitrogen and oxygen atoms in total. The van der Waals surface area contributed by atoms with Gasteiger partial charge in [-0.05, 0) is 12.5 Å². The topological polar surface area (TPSA) is 128 Å². The highest BCUT2D eigenvalue weighted by molar-refractivity contribution is 5.98. The third kappa shape index (κ3) is 2.44. The maximum atomic E-state index is 12.3. The molecule has 0 aliphatic carbocycles. The lowest BCUT2D eigenvalue weighted by Gasteiger charge is -2.05. The standard InChI is InChI=1S/C13H11N5O3/c1-2-8-3-4-9(5-11(8)18(20)21)13(19)17-12(15)10(6-14)7-16-17/h3-5,7H,2,15H2,1H3. The van der Waals surface area contributed by atoms with Crippen LogP contribution in [-0.2, 0) is 6.42 Å². The van der Waals surface area contributed by atoms with Gasteiger partial charge in [-0.25, -0.2) is 0 Å². The summed E-state index contributed by atoms with van der Waals surface area (Å²) < 4.78 is 0.850. The van der Waals surface area contributed by atoms with Gasteiger partial charge >= 0.3 is 0 Å². The molecule has 0 fully saturated rings. The smallest absolute Gasteiger partial charge is 0.280 e. The molecule has 1 heterocycles. The van der Waals surface area contributed by atoms with Crippen molar-refractivity contribution in [1.29, 1.82) is 5.26 Å². The molecule has 0 atom stereocenters. The van der Waals surface area contributed by atoms with Crippen LogP contribution in [0.3, 0.4) is 0 Å². The summed E-state index contributed by atoms with van der Waals surface area (Å²) in [6.45, 7) is 1.79. The van der Waals surface area contributed by atoms with Crippen LogP contribution in [-0.4, -0.2) is 20.6 Å². The first-order valence-electron chi connectivity index (χ1n) is 6.05. The molecule has 0 spiro atoms. The molecule has 1 aromatic heterocycles. The van der Waals surface area contributed by atoms with Crippen LogP contribution in [0.5, 0.6) is 0 Å². The van der Waals surface area contributed by atoms with Crippen molar-refractivity contribution in [3.63, 3.8) is 0 Å². The summed E-state index contributed by atoms with van der Waals surface area (Å²) in [4.78, 5) is 22.7. The number of aromatic nitrogens is 2. The van der Waals surface area contributed by atoms with Crippen LogP contribution in [0.25, 0.3) is 0 Å². The van der Waals surface area contributed by atoms with Gasteiger partial charge in [0.15, 0.2) is 0 Å². The molecular formula is C13H11N5O3. The molecule has 2 aromatic rings. The van der Waals surface area contributed by atoms with E-state index in [0.717, 1.165) is 4.68 Å². The van der Waals surface area contributed by atoms with Crippen LogP contribution in [0.1, 0.15) is 28.4 Å². The van der Waals surface area contributed by atoms with Crippen molar-refractivity contribution in [2.24, 2.45) is 0 Å². The maximum Gasteiger partial charge on any atom is 0.280 e. The van der Waals surface area contributed by atoms with Gasteiger partial charge in [-0.15, -0.1) is 0 Å². The van der Waals surface area contributed by atoms with Gasteiger partial charge in [0, 0.05) is 17.2 Å². The van der Waals surface area contributed by atoms with E-state index in [-0.39, 0.29) is 22.6 Å². The minimum Gasteiger partial charge on any atom is -0.382 e. The van der Waals surface area contributed by atoms with Gasteiger partial charge in [-0.1, -0.05) is 13.0 Å². The second-order valence-electron chi connectivity index (χ2n) is 4.23. The molecule has 8 heteroatoms. The lowest BCUT2D eigenvalue weighted by molar-refractivity contribution is -0.385. The van der Waals surface area contributed by atoms with E-state index < -0.39 is 10.8 Å². The second kappa shape index (κ2) is 5.42. The number of hydrogen-bond acceptors (Lipinski definition) is 6. The first kappa shape index (κ1) is 14.2. The van der Waals surface area contributed by atoms with Gasteiger partial charge in [0.1, 0.15) is 17.5 Å². The van der Waals surface area contributed by atoms with E-state index in [1.807, 2.05) is 0 Å². The Hall–Kier alpha value is -3.21. The van der Waals surface area contributed by atoms with Gasteiger partial charge in [0.05, 0.1) is 11.1 Å². The van der Waals surface area contributed by atoms with Gasteiger partial charge in [-0.3, -0.25) is 14.9 Å². The number of nitro benzene ring substituents is 1. The zero-order chi connectivity index (χ0) is 15.6. The molecule has 0 unspecified atom stereocenters. The molecule has 0 radical (unpaired) electrons. The lowest BCUT2D eigenvalue weighted by Crippen LogP contribution is -2.16. The number of hydrogen-bond donors (Lipinski definition) is 1. The predicted molar refractivity (Wildman–Crippen MR) is 73.6 cm³/mol. The van der Waals surface area contributed by atoms with E-state index in [9.17, 15) is 14.9 Å². The third-order valence-electron chi connectivity index (χ3n) is 3.03. The highest BCUT2D eigenvalue weighted by atomic mass is 16.6. The zero-order valence-electron chi connectivity index (χ0n) is 11.1. The summed E-state index contributed by atoms with van der Waals surface area (Å²) in [5.41, 5.74) is 6.18. The van der Waals surface area contributed by atoms with Crippen molar-refractivity contribution in [2.45, 2.75) is 13.3 Å². The van der Waals surface area contributed by atoms with Crippen molar-refractivity contribution >= 4 is 17.4 Å². The van der Waals surface area contributed by atoms with E-state index in [1.54, 1.807) is 13.0 Å². The first-order chi connectivity index (χ1) is 9.99. The first-order valence-corrected chi connectivity index (χ1v) is 6.05. The Morgan fingerprint density at radius 2 is 2.29 bits per heavy atom. The van der Waals surface area contributed by atoms with Crippen molar-refractivity contribution in [2.75, 3.05) is 5.73 Å². The Balaban J connectivity index is 2.49. The number of nitrogens with zero attached hydrogens (tertiary/aromatic N) is 4. The molecule has 0 saturated carbocycles. The molecule has 0 aliphatic heterocycles. The molecule has 0 saturated heterocycles. The molecule has 0 amide bonds. The van der Waals surface area contributed by atoms with E-state index in [0.29, 0.717) is 12.0 Å². The Morgan fingerprint density at radius 1 is 1.57 bits per heavy atom. The monoisotopic (exact) mass is 285 g/mol. The number of nitro groups is 1. The molecular weight excluding hydrogens is 274 g/mol. The molecule has 2 rings (SSSR count). The fourth-order valence-electron chi connectivity index (χ4n) is 1.89. The van der Waals surface area contributed by atoms with Crippen molar-refractivity contribution in [3.05, 3.63) is 51.2 Å². The van der Waals surface area contributed by atoms with Gasteiger partial charge in [0.2, 0.25) is 0 Å². The largest absolute Gasteiger partial charge is 0.382 e. The Labute approximate surface area is 119 Å². The number of nitrogen functional groups attached to an aromatic ring is 1. The van der Waals surface area contributed by atoms with E-state index in [4.69, 9.17) is 11.0 Å². The molecule has 0 aliphatic rings. The molecule has 106 valence electrons. The minimum absolute atomic E-state index is 0.0722. The van der Waals surface area contributed by atoms with Gasteiger partial charge < -0.3 is 5.73 Å². The summed E-state index contributed by atoms with van der Waals surface area (Å²) in [7, 11) is 0. The lowest BCUT2D eigenvalue weighted by atomic mass is 10.1. The van der Waals surface area contributed by atoms with Crippen LogP contribution in [0.2, 0.25) is 0 Å². The minimum atomic E-state index is -0.625. The Kier molecular flexibility index (Phi) is 3.67. The number of nitriles is 1. The number of anilines is 1. The van der Waals surface area contributed by atoms with E-state index >= 15 is 0 Å². The number of carbonyl (C=O) groups excluding carboxylic acids is 1. The number of benzene rings is 1. The van der Waals surface area contributed by atoms with Crippen LogP contribution in [0.15, 0.2) is 24.4 Å². The van der Waals surface area contributed by atoms with Crippen LogP contribution < -0.4 is 5.73 Å². The van der Waals surface area contributed by atoms with Crippen LogP contribution in [0, 0.1) is 21.4 Å². The summed E-state index contributed by atoms with van der Waals surface area (Å²) in [5.74, 6) is -0.718. The average molecular weight is 285 g/mol. The van der Waals surface area contributed by atoms with Gasteiger partial charge in [0.25, 0.3) is 11.6 Å². The van der Waals surface area contributed by atoms with E-state index in [2.05, 4.69) is 5.10 Å². The summed E-state index contributed by atoms with van der Waals surface area (Å²) in [6, 6.07) is 5.99. The Morgan fingerprint density at radius 3 is 2.81 bits per heavy atom. The van der Waals surface area contributed by atoms with E-state index in [1.165, 1.54) is 24.4 Å². The fourth-order valence-corrected chi connectivity index (χ4v) is 1.89. The molecule has 0 bridgehead atoms.